The zero-order valence-corrected chi connectivity index (χ0v) is 20.7. The Bertz CT molecular complexity index is 1300. The third kappa shape index (κ3) is 6.49. The monoisotopic (exact) mass is 557 g/mol. The van der Waals surface area contributed by atoms with E-state index in [1.165, 1.54) is 12.1 Å². The molecular weight excluding hydrogens is 535 g/mol. The van der Waals surface area contributed by atoms with Crippen molar-refractivity contribution in [2.45, 2.75) is 50.5 Å². The molecule has 0 N–H and O–H groups in total. The number of nitrogens with zero attached hydrogens (tertiary/aromatic N) is 1. The molecule has 1 aliphatic carbocycles. The number of halogens is 8. The van der Waals surface area contributed by atoms with E-state index in [9.17, 15) is 35.5 Å². The maximum atomic E-state index is 14.8. The molecule has 0 heterocycles. The number of hydrogen-bond acceptors (Lipinski definition) is 1. The van der Waals surface area contributed by atoms with Crippen LogP contribution in [0.3, 0.4) is 0 Å². The van der Waals surface area contributed by atoms with Crippen LogP contribution in [0.1, 0.15) is 63.4 Å². The lowest BCUT2D eigenvalue weighted by Crippen LogP contribution is -2.33. The van der Waals surface area contributed by atoms with E-state index in [4.69, 9.17) is 11.6 Å². The van der Waals surface area contributed by atoms with Gasteiger partial charge in [0.1, 0.15) is 0 Å². The summed E-state index contributed by atoms with van der Waals surface area (Å²) in [6.07, 6.45) is -6.16. The second kappa shape index (κ2) is 11.0. The molecule has 202 valence electrons. The standard InChI is InChI=1S/C28H23ClF7NO/c29-24-15-22(28(34,35)36)14-23(25(24)30)26(38)37(12-11-17-3-1-6-21(13-17)27(31,32)33)16-18-7-9-20(10-8-18)19-4-2-5-19/h1,3,6-10,13-15,19H,2,4-5,11-12,16H2. The van der Waals surface area contributed by atoms with Gasteiger partial charge in [0, 0.05) is 13.1 Å². The molecule has 0 bridgehead atoms. The predicted octanol–water partition coefficient (Wildman–Crippen LogP) is 8.67. The fourth-order valence-corrected chi connectivity index (χ4v) is 4.57. The number of hydrogen-bond donors (Lipinski definition) is 0. The molecule has 10 heteroatoms. The van der Waals surface area contributed by atoms with Crippen molar-refractivity contribution in [3.8, 4) is 0 Å². The Morgan fingerprint density at radius 2 is 1.53 bits per heavy atom. The van der Waals surface area contributed by atoms with Gasteiger partial charge in [-0.2, -0.15) is 26.3 Å². The zero-order valence-electron chi connectivity index (χ0n) is 20.0. The molecule has 1 saturated carbocycles. The SMILES string of the molecule is O=C(c1cc(C(F)(F)F)cc(Cl)c1F)N(CCc1cccc(C(F)(F)F)c1)Cc1ccc(C2CCC2)cc1. The molecule has 2 nitrogen and oxygen atoms in total. The summed E-state index contributed by atoms with van der Waals surface area (Å²) < 4.78 is 94.2. The fraction of sp³-hybridized carbons (Fsp3) is 0.321. The molecule has 3 aromatic rings. The molecule has 1 aliphatic rings. The van der Waals surface area contributed by atoms with E-state index < -0.39 is 45.8 Å². The highest BCUT2D eigenvalue weighted by atomic mass is 35.5. The van der Waals surface area contributed by atoms with Crippen LogP contribution in [0.2, 0.25) is 5.02 Å². The Kier molecular flexibility index (Phi) is 8.06. The van der Waals surface area contributed by atoms with Gasteiger partial charge < -0.3 is 4.90 Å². The minimum absolute atomic E-state index is 0.0376. The van der Waals surface area contributed by atoms with Gasteiger partial charge in [-0.25, -0.2) is 4.39 Å². The summed E-state index contributed by atoms with van der Waals surface area (Å²) in [6.45, 7) is -0.256. The van der Waals surface area contributed by atoms with E-state index in [0.29, 0.717) is 23.6 Å². The summed E-state index contributed by atoms with van der Waals surface area (Å²) in [6, 6.07) is 12.7. The second-order valence-electron chi connectivity index (χ2n) is 9.36. The number of benzene rings is 3. The first kappa shape index (κ1) is 28.0. The summed E-state index contributed by atoms with van der Waals surface area (Å²) in [7, 11) is 0. The molecular formula is C28H23ClF7NO. The van der Waals surface area contributed by atoms with Crippen molar-refractivity contribution >= 4 is 17.5 Å². The van der Waals surface area contributed by atoms with Crippen LogP contribution in [-0.2, 0) is 25.3 Å². The molecule has 0 atom stereocenters. The van der Waals surface area contributed by atoms with E-state index in [2.05, 4.69) is 0 Å². The second-order valence-corrected chi connectivity index (χ2v) is 9.77. The van der Waals surface area contributed by atoms with Crippen molar-refractivity contribution in [2.24, 2.45) is 0 Å². The number of rotatable bonds is 7. The Morgan fingerprint density at radius 3 is 2.11 bits per heavy atom. The smallest absolute Gasteiger partial charge is 0.334 e. The topological polar surface area (TPSA) is 20.3 Å². The molecule has 0 radical (unpaired) electrons. The first-order chi connectivity index (χ1) is 17.8. The van der Waals surface area contributed by atoms with Crippen LogP contribution in [0.15, 0.2) is 60.7 Å². The molecule has 0 saturated heterocycles. The van der Waals surface area contributed by atoms with Gasteiger partial charge in [-0.1, -0.05) is 60.5 Å². The average molecular weight is 558 g/mol. The first-order valence-electron chi connectivity index (χ1n) is 11.9. The van der Waals surface area contributed by atoms with Gasteiger partial charge >= 0.3 is 12.4 Å². The summed E-state index contributed by atoms with van der Waals surface area (Å²) in [5, 5.41) is -0.856. The maximum absolute atomic E-state index is 14.8. The normalized spacial score (nSPS) is 14.3. The Hall–Kier alpha value is -3.07. The van der Waals surface area contributed by atoms with E-state index in [-0.39, 0.29) is 25.1 Å². The summed E-state index contributed by atoms with van der Waals surface area (Å²) >= 11 is 5.68. The Morgan fingerprint density at radius 1 is 0.868 bits per heavy atom. The largest absolute Gasteiger partial charge is 0.416 e. The summed E-state index contributed by atoms with van der Waals surface area (Å²) in [5.41, 5.74) is -0.966. The zero-order chi connectivity index (χ0) is 27.7. The molecule has 3 aromatic carbocycles. The average Bonchev–Trinajstić information content (AvgIpc) is 2.82. The minimum atomic E-state index is -4.87. The van der Waals surface area contributed by atoms with Gasteiger partial charge in [-0.05, 0) is 60.1 Å². The number of amides is 1. The maximum Gasteiger partial charge on any atom is 0.416 e. The van der Waals surface area contributed by atoms with E-state index in [1.807, 2.05) is 12.1 Å². The first-order valence-corrected chi connectivity index (χ1v) is 12.3. The lowest BCUT2D eigenvalue weighted by Gasteiger charge is -2.27. The summed E-state index contributed by atoms with van der Waals surface area (Å²) in [4.78, 5) is 14.5. The molecule has 0 aromatic heterocycles. The van der Waals surface area contributed by atoms with Crippen LogP contribution in [0.5, 0.6) is 0 Å². The van der Waals surface area contributed by atoms with Gasteiger partial charge in [-0.15, -0.1) is 0 Å². The fourth-order valence-electron chi connectivity index (χ4n) is 4.36. The van der Waals surface area contributed by atoms with Crippen LogP contribution < -0.4 is 0 Å². The minimum Gasteiger partial charge on any atom is -0.334 e. The van der Waals surface area contributed by atoms with Gasteiger partial charge in [0.15, 0.2) is 5.82 Å². The van der Waals surface area contributed by atoms with Crippen molar-refractivity contribution in [1.82, 2.24) is 4.90 Å². The third-order valence-corrected chi connectivity index (χ3v) is 7.00. The number of carbonyl (C=O) groups is 1. The van der Waals surface area contributed by atoms with E-state index in [1.54, 1.807) is 12.1 Å². The highest BCUT2D eigenvalue weighted by molar-refractivity contribution is 6.31. The molecule has 38 heavy (non-hydrogen) atoms. The molecule has 0 spiro atoms. The van der Waals surface area contributed by atoms with Crippen molar-refractivity contribution in [2.75, 3.05) is 6.54 Å². The van der Waals surface area contributed by atoms with Crippen LogP contribution >= 0.6 is 11.6 Å². The van der Waals surface area contributed by atoms with E-state index >= 15 is 0 Å². The van der Waals surface area contributed by atoms with Crippen LogP contribution in [-0.4, -0.2) is 17.4 Å². The predicted molar refractivity (Wildman–Crippen MR) is 129 cm³/mol. The highest BCUT2D eigenvalue weighted by Gasteiger charge is 2.34. The van der Waals surface area contributed by atoms with Gasteiger partial charge in [0.25, 0.3) is 5.91 Å². The van der Waals surface area contributed by atoms with Crippen molar-refractivity contribution in [3.05, 3.63) is 105 Å². The molecule has 0 unspecified atom stereocenters. The van der Waals surface area contributed by atoms with Crippen LogP contribution in [0, 0.1) is 5.82 Å². The molecule has 0 aliphatic heterocycles. The van der Waals surface area contributed by atoms with E-state index in [0.717, 1.165) is 41.9 Å². The van der Waals surface area contributed by atoms with Gasteiger partial charge in [0.05, 0.1) is 21.7 Å². The Labute approximate surface area is 220 Å². The van der Waals surface area contributed by atoms with Crippen LogP contribution in [0.25, 0.3) is 0 Å². The lowest BCUT2D eigenvalue weighted by atomic mass is 9.80. The molecule has 1 amide bonds. The van der Waals surface area contributed by atoms with Crippen molar-refractivity contribution in [3.63, 3.8) is 0 Å². The molecule has 4 rings (SSSR count). The van der Waals surface area contributed by atoms with Gasteiger partial charge in [0.2, 0.25) is 0 Å². The Balaban J connectivity index is 1.63. The highest BCUT2D eigenvalue weighted by Crippen LogP contribution is 2.37. The molecule has 1 fully saturated rings. The quantitative estimate of drug-likeness (QED) is 0.266. The lowest BCUT2D eigenvalue weighted by molar-refractivity contribution is -0.138. The summed E-state index contributed by atoms with van der Waals surface area (Å²) in [5.74, 6) is -1.89. The van der Waals surface area contributed by atoms with Gasteiger partial charge in [-0.3, -0.25) is 4.79 Å². The third-order valence-electron chi connectivity index (χ3n) is 6.73. The van der Waals surface area contributed by atoms with Crippen LogP contribution in [0.4, 0.5) is 30.7 Å². The van der Waals surface area contributed by atoms with Crippen molar-refractivity contribution < 1.29 is 35.5 Å². The number of alkyl halides is 6. The van der Waals surface area contributed by atoms with Crippen molar-refractivity contribution in [1.29, 1.82) is 0 Å². The number of carbonyl (C=O) groups excluding carboxylic acids is 1.